The lowest BCUT2D eigenvalue weighted by Crippen LogP contribution is -2.37. The molecule has 0 unspecified atom stereocenters. The summed E-state index contributed by atoms with van der Waals surface area (Å²) in [5.74, 6) is -0.215. The molecule has 1 aliphatic heterocycles. The Labute approximate surface area is 238 Å². The number of carboxylic acids is 1. The molecule has 1 aromatic heterocycles. The molecule has 1 fully saturated rings. The number of hydrogen-bond donors (Lipinski definition) is 3. The van der Waals surface area contributed by atoms with E-state index in [2.05, 4.69) is 29.3 Å². The number of carboxylic acid groups (broad SMARTS) is 1. The van der Waals surface area contributed by atoms with Crippen molar-refractivity contribution in [3.8, 4) is 11.3 Å². The first-order valence-electron chi connectivity index (χ1n) is 13.2. The van der Waals surface area contributed by atoms with Crippen molar-refractivity contribution < 1.29 is 9.90 Å². The van der Waals surface area contributed by atoms with Crippen LogP contribution in [0.4, 0.5) is 0 Å². The first-order valence-corrected chi connectivity index (χ1v) is 14.0. The lowest BCUT2D eigenvalue weighted by molar-refractivity contribution is -0.139. The number of benzene rings is 3. The largest absolute Gasteiger partial charge is 0.480 e. The van der Waals surface area contributed by atoms with E-state index in [9.17, 15) is 9.90 Å². The number of pyridine rings is 1. The number of rotatable bonds is 9. The fourth-order valence-corrected chi connectivity index (χ4v) is 5.77. The summed E-state index contributed by atoms with van der Waals surface area (Å²) < 4.78 is 0. The maximum Gasteiger partial charge on any atom is 0.326 e. The second-order valence-electron chi connectivity index (χ2n) is 10.1. The second-order valence-corrected chi connectivity index (χ2v) is 10.9. The predicted molar refractivity (Wildman–Crippen MR) is 160 cm³/mol. The number of aliphatic carboxylic acids is 1. The monoisotopic (exact) mass is 559 g/mol. The van der Waals surface area contributed by atoms with E-state index < -0.39 is 12.0 Å². The third kappa shape index (κ3) is 6.62. The highest BCUT2D eigenvalue weighted by Gasteiger charge is 2.20. The summed E-state index contributed by atoms with van der Waals surface area (Å²) in [6.07, 6.45) is 3.79. The van der Waals surface area contributed by atoms with Gasteiger partial charge in [-0.2, -0.15) is 0 Å². The molecule has 5 nitrogen and oxygen atoms in total. The lowest BCUT2D eigenvalue weighted by atomic mass is 9.90. The SMILES string of the molecule is C=C(N[C@@H](Cc1ccc2nc(-c3c(Cl)cccc3Cl)ccc2c1)C(=O)O)c1ccc(CC2CCNCC2)cc1. The van der Waals surface area contributed by atoms with Crippen LogP contribution in [-0.2, 0) is 17.6 Å². The molecule has 4 aromatic rings. The molecular formula is C32H31Cl2N3O2. The molecule has 7 heteroatoms. The van der Waals surface area contributed by atoms with Crippen LogP contribution in [0.15, 0.2) is 79.4 Å². The molecule has 0 spiro atoms. The third-order valence-corrected chi connectivity index (χ3v) is 7.97. The van der Waals surface area contributed by atoms with Gasteiger partial charge >= 0.3 is 5.97 Å². The number of piperidine rings is 1. The predicted octanol–water partition coefficient (Wildman–Crippen LogP) is 7.01. The fourth-order valence-electron chi connectivity index (χ4n) is 5.17. The Morgan fingerprint density at radius 2 is 1.69 bits per heavy atom. The van der Waals surface area contributed by atoms with E-state index in [1.807, 2.05) is 42.5 Å². The minimum Gasteiger partial charge on any atom is -0.480 e. The van der Waals surface area contributed by atoms with E-state index in [1.165, 1.54) is 18.4 Å². The van der Waals surface area contributed by atoms with Crippen molar-refractivity contribution in [2.24, 2.45) is 5.92 Å². The van der Waals surface area contributed by atoms with E-state index in [0.29, 0.717) is 39.3 Å². The molecule has 39 heavy (non-hydrogen) atoms. The van der Waals surface area contributed by atoms with Crippen LogP contribution in [0.25, 0.3) is 27.9 Å². The number of hydrogen-bond acceptors (Lipinski definition) is 4. The van der Waals surface area contributed by atoms with Gasteiger partial charge in [0.15, 0.2) is 0 Å². The molecule has 0 radical (unpaired) electrons. The molecule has 2 heterocycles. The Balaban J connectivity index is 1.27. The number of fused-ring (bicyclic) bond motifs is 1. The van der Waals surface area contributed by atoms with Gasteiger partial charge in [0.05, 0.1) is 21.3 Å². The van der Waals surface area contributed by atoms with Crippen molar-refractivity contribution in [1.29, 1.82) is 0 Å². The summed E-state index contributed by atoms with van der Waals surface area (Å²) in [6, 6.07) is 22.4. The van der Waals surface area contributed by atoms with Crippen LogP contribution in [0.5, 0.6) is 0 Å². The zero-order chi connectivity index (χ0) is 27.4. The molecule has 0 saturated carbocycles. The second kappa shape index (κ2) is 12.2. The molecule has 1 aliphatic rings. The molecule has 0 amide bonds. The van der Waals surface area contributed by atoms with Crippen molar-refractivity contribution in [3.63, 3.8) is 0 Å². The van der Waals surface area contributed by atoms with Crippen molar-refractivity contribution in [2.75, 3.05) is 13.1 Å². The highest BCUT2D eigenvalue weighted by atomic mass is 35.5. The summed E-state index contributed by atoms with van der Waals surface area (Å²) in [7, 11) is 0. The van der Waals surface area contributed by atoms with Crippen LogP contribution < -0.4 is 10.6 Å². The van der Waals surface area contributed by atoms with Crippen LogP contribution in [0.2, 0.25) is 10.0 Å². The zero-order valence-electron chi connectivity index (χ0n) is 21.6. The smallest absolute Gasteiger partial charge is 0.326 e. The van der Waals surface area contributed by atoms with Crippen LogP contribution >= 0.6 is 23.2 Å². The first-order chi connectivity index (χ1) is 18.9. The van der Waals surface area contributed by atoms with Gasteiger partial charge in [-0.3, -0.25) is 0 Å². The molecule has 3 aromatic carbocycles. The number of nitrogens with one attached hydrogen (secondary N) is 2. The molecule has 0 aliphatic carbocycles. The van der Waals surface area contributed by atoms with Gasteiger partial charge in [0.1, 0.15) is 6.04 Å². The highest BCUT2D eigenvalue weighted by molar-refractivity contribution is 6.39. The molecule has 1 saturated heterocycles. The maximum absolute atomic E-state index is 12.1. The highest BCUT2D eigenvalue weighted by Crippen LogP contribution is 2.34. The summed E-state index contributed by atoms with van der Waals surface area (Å²) in [6.45, 7) is 6.30. The molecule has 1 atom stereocenters. The van der Waals surface area contributed by atoms with Crippen LogP contribution in [0.1, 0.15) is 29.5 Å². The van der Waals surface area contributed by atoms with E-state index >= 15 is 0 Å². The average molecular weight is 561 g/mol. The number of halogens is 2. The molecule has 200 valence electrons. The summed E-state index contributed by atoms with van der Waals surface area (Å²) in [5, 5.41) is 18.5. The summed E-state index contributed by atoms with van der Waals surface area (Å²) >= 11 is 12.7. The van der Waals surface area contributed by atoms with E-state index in [4.69, 9.17) is 28.2 Å². The lowest BCUT2D eigenvalue weighted by Gasteiger charge is -2.22. The zero-order valence-corrected chi connectivity index (χ0v) is 23.1. The minimum atomic E-state index is -0.930. The van der Waals surface area contributed by atoms with E-state index in [0.717, 1.165) is 41.5 Å². The van der Waals surface area contributed by atoms with Gasteiger partial charge in [-0.15, -0.1) is 0 Å². The van der Waals surface area contributed by atoms with Gasteiger partial charge in [-0.25, -0.2) is 9.78 Å². The minimum absolute atomic E-state index is 0.302. The Kier molecular flexibility index (Phi) is 8.51. The molecule has 0 bridgehead atoms. The standard InChI is InChI=1S/C32H31Cl2N3O2/c1-20(24-8-5-21(6-9-24)17-22-13-15-35-16-14-22)36-30(32(38)39)19-23-7-11-28-25(18-23)10-12-29(37-28)31-26(33)3-2-4-27(31)34/h2-12,18,22,30,35-36H,1,13-17,19H2,(H,38,39)/t30-/m0/s1. The quantitative estimate of drug-likeness (QED) is 0.206. The maximum atomic E-state index is 12.1. The van der Waals surface area contributed by atoms with Gasteiger partial charge in [-0.05, 0) is 85.3 Å². The van der Waals surface area contributed by atoms with Crippen molar-refractivity contribution in [3.05, 3.63) is 106 Å². The molecule has 5 rings (SSSR count). The normalized spacial score (nSPS) is 14.7. The van der Waals surface area contributed by atoms with Crippen LogP contribution in [0, 0.1) is 5.92 Å². The number of aromatic nitrogens is 1. The van der Waals surface area contributed by atoms with Crippen LogP contribution in [0.3, 0.4) is 0 Å². The van der Waals surface area contributed by atoms with Gasteiger partial charge in [-0.1, -0.05) is 72.2 Å². The summed E-state index contributed by atoms with van der Waals surface area (Å²) in [4.78, 5) is 16.9. The van der Waals surface area contributed by atoms with Gasteiger partial charge < -0.3 is 15.7 Å². The van der Waals surface area contributed by atoms with Gasteiger partial charge in [0.25, 0.3) is 0 Å². The molecule has 3 N–H and O–H groups in total. The van der Waals surface area contributed by atoms with Crippen molar-refractivity contribution in [2.45, 2.75) is 31.7 Å². The Bertz CT molecular complexity index is 1480. The Hall–Kier alpha value is -3.38. The average Bonchev–Trinajstić information content (AvgIpc) is 2.93. The first kappa shape index (κ1) is 27.2. The third-order valence-electron chi connectivity index (χ3n) is 7.34. The number of nitrogens with zero attached hydrogens (tertiary/aromatic N) is 1. The van der Waals surface area contributed by atoms with Gasteiger partial charge in [0.2, 0.25) is 0 Å². The fraction of sp³-hybridized carbons (Fsp3) is 0.250. The van der Waals surface area contributed by atoms with E-state index in [1.54, 1.807) is 18.2 Å². The Morgan fingerprint density at radius 3 is 2.38 bits per heavy atom. The van der Waals surface area contributed by atoms with E-state index in [-0.39, 0.29) is 0 Å². The van der Waals surface area contributed by atoms with Crippen molar-refractivity contribution >= 4 is 45.8 Å². The van der Waals surface area contributed by atoms with Crippen LogP contribution in [-0.4, -0.2) is 35.2 Å². The Morgan fingerprint density at radius 1 is 1.00 bits per heavy atom. The topological polar surface area (TPSA) is 74.2 Å². The molecular weight excluding hydrogens is 529 g/mol. The van der Waals surface area contributed by atoms with Crippen molar-refractivity contribution in [1.82, 2.24) is 15.6 Å². The van der Waals surface area contributed by atoms with Gasteiger partial charge in [0, 0.05) is 23.1 Å². The summed E-state index contributed by atoms with van der Waals surface area (Å²) in [5.41, 5.74) is 5.84. The number of carbonyl (C=O) groups is 1.